The van der Waals surface area contributed by atoms with Gasteiger partial charge in [-0.05, 0) is 80.6 Å². The molecule has 25 heteroatoms. The van der Waals surface area contributed by atoms with Crippen LogP contribution in [0, 0.1) is 0 Å². The summed E-state index contributed by atoms with van der Waals surface area (Å²) in [5.41, 5.74) is 0. The third-order valence-corrected chi connectivity index (χ3v) is 0.982. The summed E-state index contributed by atoms with van der Waals surface area (Å²) in [6.07, 6.45) is 0.622. The number of rotatable bonds is 21. The molecule has 0 aromatic heterocycles. The molecule has 0 saturated carbocycles. The molecule has 0 aromatic rings. The summed E-state index contributed by atoms with van der Waals surface area (Å²) in [5, 5.41) is 76.6. The fourth-order valence-corrected chi connectivity index (χ4v) is 0.390. The lowest BCUT2D eigenvalue weighted by atomic mass is 12.0. The third kappa shape index (κ3) is 23.1. The highest BCUT2D eigenvalue weighted by Gasteiger charge is 2.04. The van der Waals surface area contributed by atoms with Gasteiger partial charge in [-0.2, -0.15) is 8.42 Å². The van der Waals surface area contributed by atoms with E-state index in [-0.39, 0.29) is 0 Å². The Labute approximate surface area is 136 Å². The molecule has 0 aromatic carbocycles. The van der Waals surface area contributed by atoms with Gasteiger partial charge in [0.15, 0.2) is 0 Å². The Kier molecular flexibility index (Phi) is 18.2. The van der Waals surface area contributed by atoms with Crippen molar-refractivity contribution in [2.24, 2.45) is 0 Å². The molecule has 0 aliphatic heterocycles. The zero-order valence-corrected chi connectivity index (χ0v) is 12.0. The summed E-state index contributed by atoms with van der Waals surface area (Å²) >= 11 is 0. The maximum Gasteiger partial charge on any atom is 0.293 e. The van der Waals surface area contributed by atoms with Gasteiger partial charge in [-0.15, -0.1) is 0 Å². The average molecular weight is 431 g/mol. The van der Waals surface area contributed by atoms with Gasteiger partial charge in [0.25, 0.3) is 10.1 Å². The molecule has 0 N–H and O–H groups in total. The van der Waals surface area contributed by atoms with Gasteiger partial charge in [-0.3, -0.25) is 5.04 Å². The van der Waals surface area contributed by atoms with Crippen LogP contribution in [-0.2, 0) is 115 Å². The van der Waals surface area contributed by atoms with Crippen LogP contribution in [0.3, 0.4) is 0 Å². The van der Waals surface area contributed by atoms with Crippen LogP contribution in [0.4, 0.5) is 0 Å². The zero-order chi connectivity index (χ0) is 19.3. The lowest BCUT2D eigenvalue weighted by molar-refractivity contribution is -0.920. The molecule has 0 rings (SSSR count). The van der Waals surface area contributed by atoms with Gasteiger partial charge in [0.1, 0.15) is 0 Å². The van der Waals surface area contributed by atoms with E-state index < -0.39 is 10.1 Å². The van der Waals surface area contributed by atoms with Crippen LogP contribution >= 0.6 is 0 Å². The predicted molar refractivity (Wildman–Crippen MR) is 37.6 cm³/mol. The second kappa shape index (κ2) is 18.8. The number of hydrogen-bond acceptors (Lipinski definition) is 24. The first kappa shape index (κ1) is 25.1. The van der Waals surface area contributed by atoms with Crippen molar-refractivity contribution in [3.8, 4) is 0 Å². The lowest BCUT2D eigenvalue weighted by Crippen LogP contribution is -2.08. The van der Waals surface area contributed by atoms with Crippen LogP contribution in [0.5, 0.6) is 0 Å². The fourth-order valence-electron chi connectivity index (χ4n) is 0.266. The Hall–Kier alpha value is -0.930. The SMILES string of the molecule is CS(=O)(=O)OOOOOOOOOOOOOOOOOOOOO[O-]. The molecule has 0 amide bonds. The molecule has 0 bridgehead atoms. The second-order valence-corrected chi connectivity index (χ2v) is 3.68. The van der Waals surface area contributed by atoms with Gasteiger partial charge in [0.05, 0.1) is 6.26 Å². The molecule has 0 aliphatic rings. The van der Waals surface area contributed by atoms with Gasteiger partial charge >= 0.3 is 0 Å². The molecule has 0 radical (unpaired) electrons. The Morgan fingerprint density at radius 1 is 0.462 bits per heavy atom. The van der Waals surface area contributed by atoms with Crippen molar-refractivity contribution in [1.29, 1.82) is 0 Å². The summed E-state index contributed by atoms with van der Waals surface area (Å²) in [6.45, 7) is 0. The Morgan fingerprint density at radius 3 is 0.923 bits per heavy atom. The van der Waals surface area contributed by atoms with E-state index in [1.807, 2.05) is 0 Å². The maximum absolute atomic E-state index is 10.3. The van der Waals surface area contributed by atoms with Gasteiger partial charge in [0, 0.05) is 15.1 Å². The first-order valence-electron chi connectivity index (χ1n) is 4.41. The van der Waals surface area contributed by atoms with E-state index in [9.17, 15) is 8.42 Å². The third-order valence-electron chi connectivity index (χ3n) is 0.679. The maximum atomic E-state index is 10.3. The van der Waals surface area contributed by atoms with Crippen LogP contribution in [-0.4, -0.2) is 14.7 Å². The van der Waals surface area contributed by atoms with Crippen LogP contribution in [0.15, 0.2) is 0 Å². The summed E-state index contributed by atoms with van der Waals surface area (Å²) < 4.78 is 24.1. The molecule has 0 unspecified atom stereocenters. The largest absolute Gasteiger partial charge is 0.689 e. The topological polar surface area (TPSA) is 251 Å². The van der Waals surface area contributed by atoms with E-state index in [1.54, 1.807) is 0 Å². The van der Waals surface area contributed by atoms with E-state index in [1.165, 1.54) is 0 Å². The summed E-state index contributed by atoms with van der Waals surface area (Å²) in [5.74, 6) is 0. The highest BCUT2D eigenvalue weighted by Crippen LogP contribution is 1.94. The van der Waals surface area contributed by atoms with E-state index in [4.69, 9.17) is 5.26 Å². The van der Waals surface area contributed by atoms with E-state index in [0.717, 1.165) is 0 Å². The van der Waals surface area contributed by atoms with Crippen molar-refractivity contribution < 1.29 is 119 Å². The Morgan fingerprint density at radius 2 is 0.692 bits per heavy atom. The molecule has 0 spiro atoms. The summed E-state index contributed by atoms with van der Waals surface area (Å²) in [6, 6.07) is 0. The molecular weight excluding hydrogens is 428 g/mol. The van der Waals surface area contributed by atoms with Crippen LogP contribution in [0.2, 0.25) is 0 Å². The molecule has 0 fully saturated rings. The van der Waals surface area contributed by atoms with Crippen molar-refractivity contribution in [2.75, 3.05) is 6.26 Å². The van der Waals surface area contributed by atoms with Gasteiger partial charge in [-0.25, -0.2) is 0 Å². The van der Waals surface area contributed by atoms with Crippen LogP contribution in [0.1, 0.15) is 0 Å². The number of hydrogen-bond donors (Lipinski definition) is 0. The predicted octanol–water partition coefficient (Wildman–Crippen LogP) is -3.13. The standard InChI is InChI=1S/CH4O24S/c1-26(3,4)25-24-23-22-21-20-19-18-17-16-15-14-13-12-11-10-9-8-7-6-5-2/h2H,1H3/p-1. The van der Waals surface area contributed by atoms with Gasteiger partial charge in [0.2, 0.25) is 0 Å². The molecule has 158 valence electrons. The van der Waals surface area contributed by atoms with Crippen molar-refractivity contribution in [3.63, 3.8) is 0 Å². The average Bonchev–Trinajstić information content (AvgIpc) is 2.59. The minimum atomic E-state index is -3.96. The molecule has 26 heavy (non-hydrogen) atoms. The van der Waals surface area contributed by atoms with Crippen molar-refractivity contribution in [3.05, 3.63) is 0 Å². The van der Waals surface area contributed by atoms with Crippen molar-refractivity contribution in [2.45, 2.75) is 0 Å². The minimum absolute atomic E-state index is 0.622. The quantitative estimate of drug-likeness (QED) is 0.0988. The molecule has 0 saturated heterocycles. The Bertz CT molecular complexity index is 358. The van der Waals surface area contributed by atoms with Crippen LogP contribution < -0.4 is 5.26 Å². The molecule has 0 aliphatic carbocycles. The first-order chi connectivity index (χ1) is 12.6. The van der Waals surface area contributed by atoms with Crippen molar-refractivity contribution >= 4 is 10.1 Å². The minimum Gasteiger partial charge on any atom is -0.689 e. The van der Waals surface area contributed by atoms with Crippen molar-refractivity contribution in [1.82, 2.24) is 0 Å². The first-order valence-corrected chi connectivity index (χ1v) is 6.22. The smallest absolute Gasteiger partial charge is 0.293 e. The molecule has 0 atom stereocenters. The zero-order valence-electron chi connectivity index (χ0n) is 11.2. The Balaban J connectivity index is 3.03. The highest BCUT2D eigenvalue weighted by atomic mass is 32.2. The summed E-state index contributed by atoms with van der Waals surface area (Å²) in [7, 11) is -3.96. The lowest BCUT2D eigenvalue weighted by Gasteiger charge is -2.00. The molecular formula is CH3O24S-. The van der Waals surface area contributed by atoms with Gasteiger partial charge < -0.3 is 5.26 Å². The second-order valence-electron chi connectivity index (χ2n) is 2.13. The highest BCUT2D eigenvalue weighted by molar-refractivity contribution is 7.85. The normalized spacial score (nSPS) is 11.9. The van der Waals surface area contributed by atoms with E-state index >= 15 is 0 Å². The molecule has 24 nitrogen and oxygen atoms in total. The van der Waals surface area contributed by atoms with Crippen LogP contribution in [0.25, 0.3) is 0 Å². The monoisotopic (exact) mass is 431 g/mol. The summed E-state index contributed by atoms with van der Waals surface area (Å²) in [4.78, 5) is 0. The van der Waals surface area contributed by atoms with E-state index in [0.29, 0.717) is 6.26 Å². The fraction of sp³-hybridized carbons (Fsp3) is 1.00. The van der Waals surface area contributed by atoms with Gasteiger partial charge in [-0.1, -0.05) is 4.33 Å². The van der Waals surface area contributed by atoms with E-state index in [2.05, 4.69) is 105 Å². The molecule has 0 heterocycles.